The topological polar surface area (TPSA) is 124 Å². The van der Waals surface area contributed by atoms with Gasteiger partial charge in [0.15, 0.2) is 0 Å². The van der Waals surface area contributed by atoms with E-state index in [0.717, 1.165) is 51.7 Å². The lowest BCUT2D eigenvalue weighted by atomic mass is 10.1. The number of aryl methyl sites for hydroxylation is 1. The average molecular weight is 313 g/mol. The molecule has 0 fully saturated rings. The molecule has 0 atom stereocenters. The lowest BCUT2D eigenvalue weighted by Gasteiger charge is -1.98. The van der Waals surface area contributed by atoms with Gasteiger partial charge < -0.3 is 28.0 Å². The Hall–Kier alpha value is -0.980. The number of aliphatic hydroxyl groups is 1. The van der Waals surface area contributed by atoms with Crippen LogP contribution in [0.2, 0.25) is 0 Å². The first kappa shape index (κ1) is 23.3. The minimum absolute atomic E-state index is 0.275. The summed E-state index contributed by atoms with van der Waals surface area (Å²) in [4.78, 5) is 0. The van der Waals surface area contributed by atoms with E-state index in [1.807, 2.05) is 6.07 Å². The summed E-state index contributed by atoms with van der Waals surface area (Å²) in [6.07, 6.45) is 6.24. The van der Waals surface area contributed by atoms with Crippen LogP contribution in [0, 0.1) is 0 Å². The van der Waals surface area contributed by atoms with Crippen molar-refractivity contribution >= 4 is 0 Å². The molecule has 0 bridgehead atoms. The summed E-state index contributed by atoms with van der Waals surface area (Å²) in [6, 6.07) is 10.5. The maximum absolute atomic E-state index is 8.14. The fraction of sp³-hybridized carbons (Fsp3) is 0.647. The molecule has 0 spiro atoms. The van der Waals surface area contributed by atoms with Gasteiger partial charge in [-0.15, -0.1) is 0 Å². The van der Waals surface area contributed by atoms with Gasteiger partial charge in [-0.1, -0.05) is 30.3 Å². The normalized spacial score (nSPS) is 9.32. The highest BCUT2D eigenvalue weighted by molar-refractivity contribution is 5.14. The van der Waals surface area contributed by atoms with Gasteiger partial charge in [-0.2, -0.15) is 0 Å². The Morgan fingerprint density at radius 1 is 0.636 bits per heavy atom. The van der Waals surface area contributed by atoms with E-state index < -0.39 is 0 Å². The second kappa shape index (κ2) is 22.3. The predicted molar refractivity (Wildman–Crippen MR) is 96.5 cm³/mol. The van der Waals surface area contributed by atoms with Gasteiger partial charge in [0.1, 0.15) is 0 Å². The van der Waals surface area contributed by atoms with Crippen LogP contribution in [0.15, 0.2) is 30.3 Å². The molecule has 1 rings (SSSR count). The Morgan fingerprint density at radius 2 is 1.14 bits per heavy atom. The molecule has 0 radical (unpaired) electrons. The fourth-order valence-electron chi connectivity index (χ4n) is 1.49. The van der Waals surface area contributed by atoms with Crippen LogP contribution in [-0.2, 0) is 6.42 Å². The lowest BCUT2D eigenvalue weighted by Crippen LogP contribution is -2.06. The highest BCUT2D eigenvalue weighted by Crippen LogP contribution is 2.03. The Kier molecular flexibility index (Phi) is 23.6. The SMILES string of the molecule is NCCCCO.NCCCCc1ccccc1.NCCCN. The Labute approximate surface area is 136 Å². The van der Waals surface area contributed by atoms with Crippen LogP contribution < -0.4 is 22.9 Å². The van der Waals surface area contributed by atoms with Crippen molar-refractivity contribution in [2.45, 2.75) is 38.5 Å². The van der Waals surface area contributed by atoms with Crippen molar-refractivity contribution in [2.75, 3.05) is 32.8 Å². The molecular weight excluding hydrogens is 276 g/mol. The molecule has 5 heteroatoms. The Bertz CT molecular complexity index is 277. The van der Waals surface area contributed by atoms with E-state index in [-0.39, 0.29) is 6.61 Å². The van der Waals surface area contributed by atoms with E-state index in [1.54, 1.807) is 0 Å². The third-order valence-electron chi connectivity index (χ3n) is 2.78. The minimum Gasteiger partial charge on any atom is -0.396 e. The smallest absolute Gasteiger partial charge is 0.0431 e. The number of benzene rings is 1. The zero-order chi connectivity index (χ0) is 16.9. The average Bonchev–Trinajstić information content (AvgIpc) is 2.56. The second-order valence-electron chi connectivity index (χ2n) is 4.88. The summed E-state index contributed by atoms with van der Waals surface area (Å²) in [7, 11) is 0. The molecule has 0 aliphatic rings. The van der Waals surface area contributed by atoms with Crippen LogP contribution in [0.4, 0.5) is 0 Å². The van der Waals surface area contributed by atoms with Gasteiger partial charge >= 0.3 is 0 Å². The molecule has 9 N–H and O–H groups in total. The zero-order valence-electron chi connectivity index (χ0n) is 13.9. The monoisotopic (exact) mass is 312 g/mol. The fourth-order valence-corrected chi connectivity index (χ4v) is 1.49. The van der Waals surface area contributed by atoms with Crippen molar-refractivity contribution in [3.05, 3.63) is 35.9 Å². The Balaban J connectivity index is 0. The second-order valence-corrected chi connectivity index (χ2v) is 4.88. The lowest BCUT2D eigenvalue weighted by molar-refractivity contribution is 0.285. The van der Waals surface area contributed by atoms with Crippen molar-refractivity contribution in [2.24, 2.45) is 22.9 Å². The molecule has 0 aliphatic carbocycles. The van der Waals surface area contributed by atoms with Gasteiger partial charge in [0.25, 0.3) is 0 Å². The molecular formula is C17H36N4O. The van der Waals surface area contributed by atoms with Crippen LogP contribution >= 0.6 is 0 Å². The van der Waals surface area contributed by atoms with Crippen molar-refractivity contribution in [1.29, 1.82) is 0 Å². The third kappa shape index (κ3) is 21.3. The van der Waals surface area contributed by atoms with Crippen molar-refractivity contribution in [1.82, 2.24) is 0 Å². The van der Waals surface area contributed by atoms with Gasteiger partial charge in [-0.05, 0) is 70.3 Å². The molecule has 0 unspecified atom stereocenters. The van der Waals surface area contributed by atoms with Gasteiger partial charge in [-0.25, -0.2) is 0 Å². The van der Waals surface area contributed by atoms with Crippen LogP contribution in [0.3, 0.4) is 0 Å². The summed E-state index contributed by atoms with van der Waals surface area (Å²) >= 11 is 0. The van der Waals surface area contributed by atoms with E-state index in [9.17, 15) is 0 Å². The van der Waals surface area contributed by atoms with E-state index in [0.29, 0.717) is 6.54 Å². The van der Waals surface area contributed by atoms with Crippen LogP contribution in [-0.4, -0.2) is 37.9 Å². The molecule has 0 saturated carbocycles. The van der Waals surface area contributed by atoms with Crippen LogP contribution in [0.25, 0.3) is 0 Å². The maximum atomic E-state index is 8.14. The molecule has 0 heterocycles. The maximum Gasteiger partial charge on any atom is 0.0431 e. The van der Waals surface area contributed by atoms with E-state index in [4.69, 9.17) is 28.0 Å². The molecule has 130 valence electrons. The molecule has 1 aromatic carbocycles. The number of aliphatic hydroxyl groups excluding tert-OH is 1. The van der Waals surface area contributed by atoms with Crippen molar-refractivity contribution in [3.63, 3.8) is 0 Å². The molecule has 5 nitrogen and oxygen atoms in total. The first-order valence-electron chi connectivity index (χ1n) is 8.21. The highest BCUT2D eigenvalue weighted by Gasteiger charge is 1.89. The van der Waals surface area contributed by atoms with Gasteiger partial charge in [-0.3, -0.25) is 0 Å². The molecule has 0 saturated heterocycles. The van der Waals surface area contributed by atoms with E-state index >= 15 is 0 Å². The van der Waals surface area contributed by atoms with Crippen LogP contribution in [0.1, 0.15) is 37.7 Å². The largest absolute Gasteiger partial charge is 0.396 e. The number of rotatable bonds is 9. The van der Waals surface area contributed by atoms with E-state index in [1.165, 1.54) is 12.0 Å². The minimum atomic E-state index is 0.275. The first-order chi connectivity index (χ1) is 10.8. The summed E-state index contributed by atoms with van der Waals surface area (Å²) in [6.45, 7) is 3.22. The standard InChI is InChI=1S/C10H15N.C4H11NO.C3H10N2/c11-9-5-4-8-10-6-2-1-3-7-10;5-3-1-2-4-6;4-2-1-3-5/h1-3,6-7H,4-5,8-9,11H2;6H,1-5H2;1-5H2. The number of hydrogen-bond donors (Lipinski definition) is 5. The summed E-state index contributed by atoms with van der Waals surface area (Å²) in [5, 5.41) is 8.14. The van der Waals surface area contributed by atoms with Crippen molar-refractivity contribution in [3.8, 4) is 0 Å². The van der Waals surface area contributed by atoms with Gasteiger partial charge in [0.2, 0.25) is 0 Å². The van der Waals surface area contributed by atoms with Crippen molar-refractivity contribution < 1.29 is 5.11 Å². The van der Waals surface area contributed by atoms with Gasteiger partial charge in [0.05, 0.1) is 0 Å². The molecule has 22 heavy (non-hydrogen) atoms. The number of hydrogen-bond acceptors (Lipinski definition) is 5. The summed E-state index contributed by atoms with van der Waals surface area (Å²) < 4.78 is 0. The summed E-state index contributed by atoms with van der Waals surface area (Å²) in [5.41, 5.74) is 22.0. The van der Waals surface area contributed by atoms with E-state index in [2.05, 4.69) is 24.3 Å². The highest BCUT2D eigenvalue weighted by atomic mass is 16.2. The predicted octanol–water partition coefficient (Wildman–Crippen LogP) is 0.980. The number of unbranched alkanes of at least 4 members (excludes halogenated alkanes) is 2. The zero-order valence-corrected chi connectivity index (χ0v) is 13.9. The quantitative estimate of drug-likeness (QED) is 0.435. The summed E-state index contributed by atoms with van der Waals surface area (Å²) in [5.74, 6) is 0. The molecule has 0 amide bonds. The molecule has 0 aliphatic heterocycles. The molecule has 1 aromatic rings. The Morgan fingerprint density at radius 3 is 1.50 bits per heavy atom. The number of nitrogens with two attached hydrogens (primary N) is 4. The third-order valence-corrected chi connectivity index (χ3v) is 2.78. The molecule has 0 aromatic heterocycles. The van der Waals surface area contributed by atoms with Crippen LogP contribution in [0.5, 0.6) is 0 Å². The first-order valence-corrected chi connectivity index (χ1v) is 8.21. The van der Waals surface area contributed by atoms with Gasteiger partial charge in [0, 0.05) is 6.61 Å².